The summed E-state index contributed by atoms with van der Waals surface area (Å²) in [5, 5.41) is 30.4. The predicted molar refractivity (Wildman–Crippen MR) is 81.1 cm³/mol. The molecule has 0 amide bonds. The lowest BCUT2D eigenvalue weighted by molar-refractivity contribution is 0.106. The van der Waals surface area contributed by atoms with Crippen LogP contribution in [0.2, 0.25) is 0 Å². The highest BCUT2D eigenvalue weighted by Crippen LogP contribution is 2.12. The second-order valence-corrected chi connectivity index (χ2v) is 4.95. The Morgan fingerprint density at radius 2 is 2.05 bits per heavy atom. The monoisotopic (exact) mass is 292 g/mol. The highest BCUT2D eigenvalue weighted by atomic mass is 16.5. The molecule has 0 fully saturated rings. The van der Waals surface area contributed by atoms with Crippen molar-refractivity contribution in [3.8, 4) is 11.8 Å². The Morgan fingerprint density at radius 3 is 2.81 bits per heavy atom. The highest BCUT2D eigenvalue weighted by Gasteiger charge is 2.05. The van der Waals surface area contributed by atoms with Gasteiger partial charge in [0.2, 0.25) is 0 Å². The van der Waals surface area contributed by atoms with Crippen molar-refractivity contribution in [1.29, 1.82) is 5.26 Å². The Kier molecular flexibility index (Phi) is 9.21. The van der Waals surface area contributed by atoms with Crippen LogP contribution in [0.3, 0.4) is 0 Å². The van der Waals surface area contributed by atoms with Gasteiger partial charge in [0.15, 0.2) is 0 Å². The fourth-order valence-electron chi connectivity index (χ4n) is 1.89. The van der Waals surface area contributed by atoms with Crippen molar-refractivity contribution < 1.29 is 14.9 Å². The molecule has 0 radical (unpaired) electrons. The number of unbranched alkanes of at least 4 members (excludes halogenated alkanes) is 3. The second kappa shape index (κ2) is 11.1. The van der Waals surface area contributed by atoms with Gasteiger partial charge in [0, 0.05) is 13.2 Å². The van der Waals surface area contributed by atoms with Crippen LogP contribution in [0.15, 0.2) is 24.3 Å². The fraction of sp³-hybridized carbons (Fsp3) is 0.562. The van der Waals surface area contributed by atoms with Gasteiger partial charge in [0.05, 0.1) is 11.6 Å². The molecular formula is C16H24N2O3. The van der Waals surface area contributed by atoms with Gasteiger partial charge in [-0.15, -0.1) is 0 Å². The van der Waals surface area contributed by atoms with Crippen LogP contribution in [0.4, 0.5) is 0 Å². The molecule has 0 aromatic heterocycles. The lowest BCUT2D eigenvalue weighted by Gasteiger charge is -2.13. The normalized spacial score (nSPS) is 11.9. The SMILES string of the molecule is N#Cc1cccc(OCC(O)CNCCCCCCO)c1. The number of aliphatic hydroxyl groups excluding tert-OH is 2. The maximum Gasteiger partial charge on any atom is 0.120 e. The minimum Gasteiger partial charge on any atom is -0.491 e. The molecule has 0 aliphatic carbocycles. The van der Waals surface area contributed by atoms with Crippen molar-refractivity contribution in [1.82, 2.24) is 5.32 Å². The molecule has 1 atom stereocenters. The standard InChI is InChI=1S/C16H24N2O3/c17-11-14-6-5-7-16(10-14)21-13-15(20)12-18-8-3-1-2-4-9-19/h5-7,10,15,18-20H,1-4,8-9,12-13H2. The highest BCUT2D eigenvalue weighted by molar-refractivity contribution is 5.36. The van der Waals surface area contributed by atoms with Gasteiger partial charge in [0.25, 0.3) is 0 Å². The first-order chi connectivity index (χ1) is 10.3. The van der Waals surface area contributed by atoms with E-state index < -0.39 is 6.10 Å². The summed E-state index contributed by atoms with van der Waals surface area (Å²) in [6, 6.07) is 8.93. The Bertz CT molecular complexity index is 432. The molecule has 1 rings (SSSR count). The zero-order valence-electron chi connectivity index (χ0n) is 12.3. The molecule has 0 spiro atoms. The van der Waals surface area contributed by atoms with E-state index in [9.17, 15) is 5.11 Å². The van der Waals surface area contributed by atoms with Crippen LogP contribution >= 0.6 is 0 Å². The smallest absolute Gasteiger partial charge is 0.120 e. The second-order valence-electron chi connectivity index (χ2n) is 4.95. The topological polar surface area (TPSA) is 85.5 Å². The molecule has 0 aliphatic rings. The maximum atomic E-state index is 9.79. The lowest BCUT2D eigenvalue weighted by atomic mass is 10.2. The van der Waals surface area contributed by atoms with Crippen molar-refractivity contribution >= 4 is 0 Å². The quantitative estimate of drug-likeness (QED) is 0.537. The van der Waals surface area contributed by atoms with Gasteiger partial charge in [0.1, 0.15) is 18.5 Å². The van der Waals surface area contributed by atoms with E-state index in [2.05, 4.69) is 5.32 Å². The van der Waals surface area contributed by atoms with Crippen LogP contribution in [0, 0.1) is 11.3 Å². The van der Waals surface area contributed by atoms with Gasteiger partial charge < -0.3 is 20.3 Å². The lowest BCUT2D eigenvalue weighted by Crippen LogP contribution is -2.32. The van der Waals surface area contributed by atoms with Crippen molar-refractivity contribution in [3.05, 3.63) is 29.8 Å². The number of aliphatic hydroxyl groups is 2. The van der Waals surface area contributed by atoms with Crippen LogP contribution < -0.4 is 10.1 Å². The third-order valence-electron chi connectivity index (χ3n) is 3.05. The molecule has 1 aromatic carbocycles. The first-order valence-corrected chi connectivity index (χ1v) is 7.39. The zero-order chi connectivity index (χ0) is 15.3. The largest absolute Gasteiger partial charge is 0.491 e. The number of nitrogens with zero attached hydrogens (tertiary/aromatic N) is 1. The molecule has 0 aliphatic heterocycles. The van der Waals surface area contributed by atoms with E-state index in [1.165, 1.54) is 0 Å². The van der Waals surface area contributed by atoms with Gasteiger partial charge in [-0.25, -0.2) is 0 Å². The first kappa shape index (κ1) is 17.4. The number of rotatable bonds is 11. The van der Waals surface area contributed by atoms with Crippen LogP contribution in [-0.2, 0) is 0 Å². The van der Waals surface area contributed by atoms with Crippen LogP contribution in [0.5, 0.6) is 5.75 Å². The molecule has 116 valence electrons. The van der Waals surface area contributed by atoms with Crippen molar-refractivity contribution in [3.63, 3.8) is 0 Å². The first-order valence-electron chi connectivity index (χ1n) is 7.39. The summed E-state index contributed by atoms with van der Waals surface area (Å²) < 4.78 is 5.45. The van der Waals surface area contributed by atoms with Gasteiger partial charge in [-0.2, -0.15) is 5.26 Å². The molecule has 3 N–H and O–H groups in total. The van der Waals surface area contributed by atoms with Gasteiger partial charge in [-0.1, -0.05) is 18.9 Å². The number of hydrogen-bond acceptors (Lipinski definition) is 5. The van der Waals surface area contributed by atoms with E-state index in [0.29, 0.717) is 17.9 Å². The molecule has 0 saturated heterocycles. The van der Waals surface area contributed by atoms with E-state index >= 15 is 0 Å². The third kappa shape index (κ3) is 8.30. The van der Waals surface area contributed by atoms with E-state index in [-0.39, 0.29) is 13.2 Å². The van der Waals surface area contributed by atoms with Gasteiger partial charge in [-0.05, 0) is 37.6 Å². The number of nitrogens with one attached hydrogen (secondary N) is 1. The zero-order valence-corrected chi connectivity index (χ0v) is 12.3. The average Bonchev–Trinajstić information content (AvgIpc) is 2.52. The summed E-state index contributed by atoms with van der Waals surface area (Å²) in [5.41, 5.74) is 0.544. The Balaban J connectivity index is 2.08. The fourth-order valence-corrected chi connectivity index (χ4v) is 1.89. The molecule has 0 bridgehead atoms. The van der Waals surface area contributed by atoms with E-state index in [1.54, 1.807) is 24.3 Å². The van der Waals surface area contributed by atoms with E-state index in [4.69, 9.17) is 15.1 Å². The number of benzene rings is 1. The van der Waals surface area contributed by atoms with Crippen LogP contribution in [0.25, 0.3) is 0 Å². The van der Waals surface area contributed by atoms with E-state index in [0.717, 1.165) is 32.2 Å². The van der Waals surface area contributed by atoms with E-state index in [1.807, 2.05) is 6.07 Å². The molecule has 1 aromatic rings. The molecular weight excluding hydrogens is 268 g/mol. The van der Waals surface area contributed by atoms with Gasteiger partial charge in [-0.3, -0.25) is 0 Å². The maximum absolute atomic E-state index is 9.79. The van der Waals surface area contributed by atoms with Crippen LogP contribution in [-0.4, -0.2) is 42.6 Å². The Labute approximate surface area is 126 Å². The minimum atomic E-state index is -0.576. The summed E-state index contributed by atoms with van der Waals surface area (Å²) in [4.78, 5) is 0. The number of ether oxygens (including phenoxy) is 1. The Morgan fingerprint density at radius 1 is 1.24 bits per heavy atom. The summed E-state index contributed by atoms with van der Waals surface area (Å²) in [7, 11) is 0. The number of nitriles is 1. The van der Waals surface area contributed by atoms with Crippen LogP contribution in [0.1, 0.15) is 31.2 Å². The summed E-state index contributed by atoms with van der Waals surface area (Å²) in [6.45, 7) is 1.80. The molecule has 21 heavy (non-hydrogen) atoms. The minimum absolute atomic E-state index is 0.201. The van der Waals surface area contributed by atoms with Crippen molar-refractivity contribution in [2.24, 2.45) is 0 Å². The molecule has 5 nitrogen and oxygen atoms in total. The summed E-state index contributed by atoms with van der Waals surface area (Å²) >= 11 is 0. The molecule has 1 unspecified atom stereocenters. The third-order valence-corrected chi connectivity index (χ3v) is 3.05. The Hall–Kier alpha value is -1.61. The molecule has 0 heterocycles. The van der Waals surface area contributed by atoms with Gasteiger partial charge >= 0.3 is 0 Å². The van der Waals surface area contributed by atoms with Crippen molar-refractivity contribution in [2.45, 2.75) is 31.8 Å². The number of hydrogen-bond donors (Lipinski definition) is 3. The molecule has 0 saturated carbocycles. The average molecular weight is 292 g/mol. The summed E-state index contributed by atoms with van der Waals surface area (Å²) in [5.74, 6) is 0.595. The molecule has 5 heteroatoms. The van der Waals surface area contributed by atoms with Crippen molar-refractivity contribution in [2.75, 3.05) is 26.3 Å². The summed E-state index contributed by atoms with van der Waals surface area (Å²) in [6.07, 6.45) is 3.45. The predicted octanol–water partition coefficient (Wildman–Crippen LogP) is 1.44.